The Labute approximate surface area is 204 Å². The first kappa shape index (κ1) is 23.7. The molecule has 4 aliphatic rings. The summed E-state index contributed by atoms with van der Waals surface area (Å²) in [4.78, 5) is 18.3. The van der Waals surface area contributed by atoms with Crippen LogP contribution in [0.5, 0.6) is 0 Å². The van der Waals surface area contributed by atoms with Crippen LogP contribution in [0.4, 0.5) is 0 Å². The fourth-order valence-corrected chi connectivity index (χ4v) is 7.59. The highest BCUT2D eigenvalue weighted by atomic mass is 32.2. The van der Waals surface area contributed by atoms with Crippen LogP contribution in [-0.4, -0.2) is 81.3 Å². The quantitative estimate of drug-likeness (QED) is 0.654. The zero-order valence-corrected chi connectivity index (χ0v) is 21.4. The van der Waals surface area contributed by atoms with Crippen molar-refractivity contribution < 1.29 is 4.79 Å². The van der Waals surface area contributed by atoms with Crippen LogP contribution in [0.25, 0.3) is 0 Å². The molecule has 6 nitrogen and oxygen atoms in total. The molecular weight excluding hydrogens is 430 g/mol. The van der Waals surface area contributed by atoms with Gasteiger partial charge < -0.3 is 10.2 Å². The fourth-order valence-electron chi connectivity index (χ4n) is 6.69. The monoisotopic (exact) mass is 473 g/mol. The van der Waals surface area contributed by atoms with Gasteiger partial charge in [-0.15, -0.1) is 0 Å². The van der Waals surface area contributed by atoms with Crippen LogP contribution >= 0.6 is 11.8 Å². The summed E-state index contributed by atoms with van der Waals surface area (Å²) < 4.78 is 2.16. The highest BCUT2D eigenvalue weighted by Crippen LogP contribution is 2.37. The number of piperidine rings is 1. The van der Waals surface area contributed by atoms with Gasteiger partial charge in [0.2, 0.25) is 0 Å². The lowest BCUT2D eigenvalue weighted by atomic mass is 9.88. The molecule has 2 aliphatic heterocycles. The van der Waals surface area contributed by atoms with E-state index in [1.807, 2.05) is 16.7 Å². The first-order chi connectivity index (χ1) is 16.2. The molecule has 1 saturated carbocycles. The Hall–Kier alpha value is -1.05. The molecule has 5 rings (SSSR count). The van der Waals surface area contributed by atoms with Crippen LogP contribution in [-0.2, 0) is 19.4 Å². The molecule has 7 heteroatoms. The van der Waals surface area contributed by atoms with Crippen molar-refractivity contribution in [1.82, 2.24) is 24.9 Å². The summed E-state index contributed by atoms with van der Waals surface area (Å²) in [6.07, 6.45) is 13.8. The minimum atomic E-state index is 0.169. The van der Waals surface area contributed by atoms with Gasteiger partial charge in [-0.05, 0) is 64.5 Å². The molecule has 1 atom stereocenters. The molecule has 3 fully saturated rings. The van der Waals surface area contributed by atoms with Gasteiger partial charge in [-0.2, -0.15) is 16.9 Å². The maximum atomic E-state index is 13.4. The van der Waals surface area contributed by atoms with E-state index in [1.165, 1.54) is 69.3 Å². The van der Waals surface area contributed by atoms with Crippen molar-refractivity contribution in [2.75, 3.05) is 44.2 Å². The van der Waals surface area contributed by atoms with E-state index in [9.17, 15) is 4.79 Å². The molecule has 3 heterocycles. The number of fused-ring (bicyclic) bond motifs is 1. The number of hydrogen-bond donors (Lipinski definition) is 1. The standard InChI is InChI=1S/C26H43N5OS/c1-2-12-31-23-9-8-21(19-22(23)24(28-31)25(32)29-15-17-33-18-16-29)27-20-26(10-4-5-11-26)30-13-6-3-7-14-30/h21,27H,2-20H2,1H3. The molecule has 1 unspecified atom stereocenters. The van der Waals surface area contributed by atoms with Crippen LogP contribution in [0.2, 0.25) is 0 Å². The van der Waals surface area contributed by atoms with Crippen molar-refractivity contribution in [3.63, 3.8) is 0 Å². The summed E-state index contributed by atoms with van der Waals surface area (Å²) in [5, 5.41) is 8.92. The van der Waals surface area contributed by atoms with Crippen molar-refractivity contribution in [2.45, 2.75) is 95.7 Å². The predicted octanol–water partition coefficient (Wildman–Crippen LogP) is 3.73. The number of rotatable bonds is 7. The van der Waals surface area contributed by atoms with Gasteiger partial charge in [0, 0.05) is 60.5 Å². The Morgan fingerprint density at radius 2 is 1.85 bits per heavy atom. The Bertz CT molecular complexity index is 806. The lowest BCUT2D eigenvalue weighted by Crippen LogP contribution is -2.56. The van der Waals surface area contributed by atoms with E-state index in [-0.39, 0.29) is 5.91 Å². The number of aromatic nitrogens is 2. The average Bonchev–Trinajstić information content (AvgIpc) is 3.49. The molecule has 33 heavy (non-hydrogen) atoms. The van der Waals surface area contributed by atoms with Crippen LogP contribution in [0.3, 0.4) is 0 Å². The first-order valence-corrected chi connectivity index (χ1v) is 14.8. The van der Waals surface area contributed by atoms with Crippen molar-refractivity contribution >= 4 is 17.7 Å². The van der Waals surface area contributed by atoms with Gasteiger partial charge in [0.15, 0.2) is 5.69 Å². The summed E-state index contributed by atoms with van der Waals surface area (Å²) in [5.41, 5.74) is 3.70. The van der Waals surface area contributed by atoms with Gasteiger partial charge in [0.05, 0.1) is 0 Å². The zero-order valence-electron chi connectivity index (χ0n) is 20.6. The molecule has 2 saturated heterocycles. The van der Waals surface area contributed by atoms with Gasteiger partial charge >= 0.3 is 0 Å². The second kappa shape index (κ2) is 10.7. The van der Waals surface area contributed by atoms with E-state index in [1.54, 1.807) is 0 Å². The summed E-state index contributed by atoms with van der Waals surface area (Å²) in [6.45, 7) is 8.52. The van der Waals surface area contributed by atoms with E-state index in [0.717, 1.165) is 69.1 Å². The molecule has 184 valence electrons. The van der Waals surface area contributed by atoms with E-state index < -0.39 is 0 Å². The molecule has 1 amide bonds. The normalized spacial score (nSPS) is 25.8. The van der Waals surface area contributed by atoms with E-state index in [0.29, 0.717) is 11.6 Å². The topological polar surface area (TPSA) is 53.4 Å². The Morgan fingerprint density at radius 1 is 1.09 bits per heavy atom. The lowest BCUT2D eigenvalue weighted by Gasteiger charge is -2.44. The molecule has 0 spiro atoms. The number of nitrogens with one attached hydrogen (secondary N) is 1. The summed E-state index contributed by atoms with van der Waals surface area (Å²) >= 11 is 1.95. The highest BCUT2D eigenvalue weighted by Gasteiger charge is 2.40. The summed E-state index contributed by atoms with van der Waals surface area (Å²) in [5.74, 6) is 2.27. The molecule has 1 N–H and O–H groups in total. The number of likely N-dealkylation sites (tertiary alicyclic amines) is 1. The third-order valence-corrected chi connectivity index (χ3v) is 9.51. The SMILES string of the molecule is CCCn1nc(C(=O)N2CCSCC2)c2c1CCC(NCC1(N3CCCCC3)CCCC1)C2. The second-order valence-electron chi connectivity index (χ2n) is 10.7. The number of amides is 1. The molecule has 1 aromatic heterocycles. The second-order valence-corrected chi connectivity index (χ2v) is 11.9. The van der Waals surface area contributed by atoms with Crippen molar-refractivity contribution in [3.05, 3.63) is 17.0 Å². The van der Waals surface area contributed by atoms with Crippen LogP contribution in [0.15, 0.2) is 0 Å². The van der Waals surface area contributed by atoms with Crippen LogP contribution in [0, 0.1) is 0 Å². The third kappa shape index (κ3) is 5.01. The van der Waals surface area contributed by atoms with Gasteiger partial charge in [0.25, 0.3) is 5.91 Å². The molecule has 0 aromatic carbocycles. The van der Waals surface area contributed by atoms with Gasteiger partial charge in [-0.1, -0.05) is 26.2 Å². The number of hydrogen-bond acceptors (Lipinski definition) is 5. The third-order valence-electron chi connectivity index (χ3n) is 8.56. The Balaban J connectivity index is 1.30. The number of nitrogens with zero attached hydrogens (tertiary/aromatic N) is 4. The predicted molar refractivity (Wildman–Crippen MR) is 136 cm³/mol. The maximum absolute atomic E-state index is 13.4. The van der Waals surface area contributed by atoms with Crippen molar-refractivity contribution in [1.29, 1.82) is 0 Å². The minimum Gasteiger partial charge on any atom is -0.336 e. The van der Waals surface area contributed by atoms with Gasteiger partial charge in [-0.3, -0.25) is 14.4 Å². The summed E-state index contributed by atoms with van der Waals surface area (Å²) in [7, 11) is 0. The first-order valence-electron chi connectivity index (χ1n) is 13.6. The highest BCUT2D eigenvalue weighted by molar-refractivity contribution is 7.99. The molecule has 0 radical (unpaired) electrons. The molecule has 0 bridgehead atoms. The number of aryl methyl sites for hydroxylation is 1. The lowest BCUT2D eigenvalue weighted by molar-refractivity contribution is 0.0667. The van der Waals surface area contributed by atoms with E-state index in [2.05, 4.69) is 21.8 Å². The fraction of sp³-hybridized carbons (Fsp3) is 0.846. The minimum absolute atomic E-state index is 0.169. The van der Waals surface area contributed by atoms with Gasteiger partial charge in [-0.25, -0.2) is 0 Å². The number of carbonyl (C=O) groups excluding carboxylic acids is 1. The molecular formula is C26H43N5OS. The number of carbonyl (C=O) groups is 1. The van der Waals surface area contributed by atoms with Crippen molar-refractivity contribution in [3.8, 4) is 0 Å². The van der Waals surface area contributed by atoms with E-state index >= 15 is 0 Å². The smallest absolute Gasteiger partial charge is 0.274 e. The van der Waals surface area contributed by atoms with E-state index in [4.69, 9.17) is 5.10 Å². The Kier molecular flexibility index (Phi) is 7.67. The van der Waals surface area contributed by atoms with Crippen LogP contribution < -0.4 is 5.32 Å². The van der Waals surface area contributed by atoms with Gasteiger partial charge in [0.1, 0.15) is 0 Å². The van der Waals surface area contributed by atoms with Crippen molar-refractivity contribution in [2.24, 2.45) is 0 Å². The Morgan fingerprint density at radius 3 is 2.58 bits per heavy atom. The maximum Gasteiger partial charge on any atom is 0.274 e. The molecule has 2 aliphatic carbocycles. The summed E-state index contributed by atoms with van der Waals surface area (Å²) in [6, 6.07) is 0.461. The largest absolute Gasteiger partial charge is 0.336 e. The molecule has 1 aromatic rings. The van der Waals surface area contributed by atoms with Crippen LogP contribution in [0.1, 0.15) is 86.5 Å². The number of thioether (sulfide) groups is 1. The average molecular weight is 474 g/mol. The zero-order chi connectivity index (χ0) is 22.7.